The van der Waals surface area contributed by atoms with Crippen molar-refractivity contribution >= 4 is 17.8 Å². The van der Waals surface area contributed by atoms with Crippen molar-refractivity contribution in [2.24, 2.45) is 0 Å². The Hall–Kier alpha value is -3.63. The van der Waals surface area contributed by atoms with E-state index in [0.717, 1.165) is 62.0 Å². The average molecular weight is 614 g/mol. The van der Waals surface area contributed by atoms with E-state index in [9.17, 15) is 19.5 Å². The van der Waals surface area contributed by atoms with Gasteiger partial charge in [0, 0.05) is 20.2 Å². The van der Waals surface area contributed by atoms with Crippen molar-refractivity contribution in [1.29, 1.82) is 0 Å². The van der Waals surface area contributed by atoms with E-state index < -0.39 is 36.7 Å². The molecule has 0 radical (unpaired) electrons. The lowest BCUT2D eigenvalue weighted by molar-refractivity contribution is -0.177. The number of nitrogens with zero attached hydrogens (tertiary/aromatic N) is 1. The lowest BCUT2D eigenvalue weighted by Crippen LogP contribution is -2.50. The number of fused-ring (bicyclic) bond motifs is 1. The lowest BCUT2D eigenvalue weighted by atomic mass is 10.0. The van der Waals surface area contributed by atoms with E-state index in [0.29, 0.717) is 13.0 Å². The van der Waals surface area contributed by atoms with Crippen LogP contribution in [0.25, 0.3) is 0 Å². The summed E-state index contributed by atoms with van der Waals surface area (Å²) in [6.45, 7) is 6.26. The second-order valence-corrected chi connectivity index (χ2v) is 11.2. The quantitative estimate of drug-likeness (QED) is 0.162. The third-order valence-corrected chi connectivity index (χ3v) is 7.70. The molecular weight excluding hydrogens is 566 g/mol. The van der Waals surface area contributed by atoms with Crippen LogP contribution < -0.4 is 9.47 Å². The van der Waals surface area contributed by atoms with Gasteiger partial charge in [0.05, 0.1) is 6.61 Å². The minimum Gasteiger partial charge on any atom is -0.479 e. The summed E-state index contributed by atoms with van der Waals surface area (Å²) in [5.74, 6) is -1.05. The van der Waals surface area contributed by atoms with Crippen molar-refractivity contribution < 1.29 is 43.2 Å². The van der Waals surface area contributed by atoms with Crippen LogP contribution in [0.4, 0.5) is 0 Å². The van der Waals surface area contributed by atoms with Crippen molar-refractivity contribution in [1.82, 2.24) is 4.90 Å². The normalized spacial score (nSPS) is 13.4. The van der Waals surface area contributed by atoms with Gasteiger partial charge in [-0.2, -0.15) is 0 Å². The van der Waals surface area contributed by atoms with Crippen LogP contribution in [-0.4, -0.2) is 80.3 Å². The Labute approximate surface area is 260 Å². The number of rotatable bonds is 20. The number of carbonyl (C=O) groups is 3. The summed E-state index contributed by atoms with van der Waals surface area (Å²) in [4.78, 5) is 38.9. The van der Waals surface area contributed by atoms with Gasteiger partial charge in [-0.05, 0) is 93.7 Å². The van der Waals surface area contributed by atoms with Crippen LogP contribution in [0.1, 0.15) is 67.7 Å². The first-order chi connectivity index (χ1) is 21.2. The molecule has 1 heterocycles. The van der Waals surface area contributed by atoms with Crippen molar-refractivity contribution in [3.8, 4) is 11.5 Å². The molecule has 10 nitrogen and oxygen atoms in total. The van der Waals surface area contributed by atoms with E-state index >= 15 is 0 Å². The number of hydrogen-bond donors (Lipinski definition) is 1. The third kappa shape index (κ3) is 11.1. The van der Waals surface area contributed by atoms with Gasteiger partial charge in [-0.1, -0.05) is 37.1 Å². The Balaban J connectivity index is 1.49. The molecule has 0 spiro atoms. The number of likely N-dealkylation sites (N-methyl/N-ethyl adjacent to an activating group) is 1. The van der Waals surface area contributed by atoms with Crippen LogP contribution in [0.15, 0.2) is 36.4 Å². The maximum atomic E-state index is 13.4. The summed E-state index contributed by atoms with van der Waals surface area (Å²) < 4.78 is 26.9. The number of ether oxygens (including phenoxy) is 5. The molecule has 44 heavy (non-hydrogen) atoms. The van der Waals surface area contributed by atoms with Crippen LogP contribution in [0, 0.1) is 13.8 Å². The number of amides is 1. The highest BCUT2D eigenvalue weighted by atomic mass is 16.7. The number of esters is 1. The van der Waals surface area contributed by atoms with Crippen molar-refractivity contribution in [2.45, 2.75) is 84.3 Å². The molecule has 1 N–H and O–H groups in total. The first kappa shape index (κ1) is 34.9. The molecule has 3 rings (SSSR count). The maximum Gasteiger partial charge on any atom is 0.336 e. The van der Waals surface area contributed by atoms with E-state index in [-0.39, 0.29) is 20.0 Å². The summed E-state index contributed by atoms with van der Waals surface area (Å²) in [7, 11) is 1.63. The van der Waals surface area contributed by atoms with Gasteiger partial charge >= 0.3 is 11.9 Å². The van der Waals surface area contributed by atoms with Crippen LogP contribution in [0.2, 0.25) is 0 Å². The summed E-state index contributed by atoms with van der Waals surface area (Å²) in [6.07, 6.45) is 3.75. The number of carboxylic acid groups (broad SMARTS) is 1. The van der Waals surface area contributed by atoms with Gasteiger partial charge < -0.3 is 33.7 Å². The van der Waals surface area contributed by atoms with Gasteiger partial charge in [0.1, 0.15) is 6.61 Å². The maximum absolute atomic E-state index is 13.4. The molecule has 2 aromatic carbocycles. The zero-order chi connectivity index (χ0) is 31.9. The number of aryl methyl sites for hydroxylation is 4. The average Bonchev–Trinajstić information content (AvgIpc) is 3.47. The first-order valence-electron chi connectivity index (χ1n) is 15.5. The number of aliphatic carboxylic acids is 1. The molecule has 0 bridgehead atoms. The van der Waals surface area contributed by atoms with Gasteiger partial charge in [-0.3, -0.25) is 4.79 Å². The predicted molar refractivity (Wildman–Crippen MR) is 165 cm³/mol. The second kappa shape index (κ2) is 18.2. The highest BCUT2D eigenvalue weighted by molar-refractivity contribution is 5.88. The van der Waals surface area contributed by atoms with Crippen LogP contribution in [0.5, 0.6) is 11.5 Å². The fourth-order valence-electron chi connectivity index (χ4n) is 4.99. The minimum atomic E-state index is -1.64. The third-order valence-electron chi connectivity index (χ3n) is 7.70. The second-order valence-electron chi connectivity index (χ2n) is 11.2. The molecular formula is C34H47NO9. The van der Waals surface area contributed by atoms with Gasteiger partial charge in [-0.25, -0.2) is 9.59 Å². The Morgan fingerprint density at radius 3 is 2.23 bits per heavy atom. The highest BCUT2D eigenvalue weighted by Crippen LogP contribution is 2.32. The fourth-order valence-corrected chi connectivity index (χ4v) is 4.99. The molecule has 242 valence electrons. The molecule has 1 aliphatic rings. The Kier molecular flexibility index (Phi) is 14.5. The Morgan fingerprint density at radius 2 is 1.52 bits per heavy atom. The number of unbranched alkanes of at least 4 members (excludes halogenated alkanes) is 4. The Morgan fingerprint density at radius 1 is 0.841 bits per heavy atom. The summed E-state index contributed by atoms with van der Waals surface area (Å²) in [6, 6.07) is 12.4. The molecule has 10 heteroatoms. The molecule has 1 amide bonds. The Bertz CT molecular complexity index is 1230. The van der Waals surface area contributed by atoms with Gasteiger partial charge in [-0.15, -0.1) is 0 Å². The molecule has 1 aliphatic heterocycles. The monoisotopic (exact) mass is 613 g/mol. The number of carboxylic acids is 1. The van der Waals surface area contributed by atoms with Crippen molar-refractivity contribution in [2.75, 3.05) is 40.2 Å². The molecule has 2 atom stereocenters. The van der Waals surface area contributed by atoms with E-state index in [4.69, 9.17) is 23.7 Å². The van der Waals surface area contributed by atoms with E-state index in [2.05, 4.69) is 32.0 Å². The van der Waals surface area contributed by atoms with Crippen LogP contribution in [0.3, 0.4) is 0 Å². The van der Waals surface area contributed by atoms with E-state index in [1.54, 1.807) is 14.0 Å². The molecule has 0 saturated heterocycles. The number of hydrogen-bond acceptors (Lipinski definition) is 8. The molecule has 2 unspecified atom stereocenters. The minimum absolute atomic E-state index is 0.137. The van der Waals surface area contributed by atoms with E-state index in [1.807, 2.05) is 18.2 Å². The standard InChI is InChI=1S/C34H47NO9/c1-5-40-30(36)22-42-32(34(38)39)31(41-19-11-7-9-12-26-15-14-24(2)25(3)20-26)33(37)35(4)18-10-6-8-13-27-16-17-28-29(21-27)44-23-43-28/h14-17,20-21,31-32H,5-13,18-19,22-23H2,1-4H3,(H,38,39). The van der Waals surface area contributed by atoms with Gasteiger partial charge in [0.25, 0.3) is 5.91 Å². The molecule has 0 saturated carbocycles. The predicted octanol–water partition coefficient (Wildman–Crippen LogP) is 5.03. The lowest BCUT2D eigenvalue weighted by Gasteiger charge is -2.28. The zero-order valence-electron chi connectivity index (χ0n) is 26.5. The van der Waals surface area contributed by atoms with Crippen molar-refractivity contribution in [3.05, 3.63) is 58.7 Å². The van der Waals surface area contributed by atoms with Crippen LogP contribution >= 0.6 is 0 Å². The molecule has 0 aromatic heterocycles. The van der Waals surface area contributed by atoms with Gasteiger partial charge in [0.2, 0.25) is 6.79 Å². The zero-order valence-corrected chi connectivity index (χ0v) is 26.5. The smallest absolute Gasteiger partial charge is 0.336 e. The van der Waals surface area contributed by atoms with E-state index in [1.165, 1.54) is 21.6 Å². The fraction of sp³-hybridized carbons (Fsp3) is 0.559. The van der Waals surface area contributed by atoms with Gasteiger partial charge in [0.15, 0.2) is 23.7 Å². The number of benzene rings is 2. The molecule has 0 fully saturated rings. The number of carbonyl (C=O) groups excluding carboxylic acids is 2. The summed E-state index contributed by atoms with van der Waals surface area (Å²) in [5, 5.41) is 9.89. The highest BCUT2D eigenvalue weighted by Gasteiger charge is 2.38. The topological polar surface area (TPSA) is 121 Å². The van der Waals surface area contributed by atoms with Crippen LogP contribution in [-0.2, 0) is 41.4 Å². The molecule has 0 aliphatic carbocycles. The molecule has 2 aromatic rings. The SMILES string of the molecule is CCOC(=O)COC(C(=O)O)C(OCCCCCc1ccc(C)c(C)c1)C(=O)N(C)CCCCCc1ccc2c(c1)OCO2. The van der Waals surface area contributed by atoms with Crippen molar-refractivity contribution in [3.63, 3.8) is 0 Å². The summed E-state index contributed by atoms with van der Waals surface area (Å²) in [5.41, 5.74) is 4.97. The largest absolute Gasteiger partial charge is 0.479 e. The summed E-state index contributed by atoms with van der Waals surface area (Å²) >= 11 is 0. The first-order valence-corrected chi connectivity index (χ1v) is 15.5.